The van der Waals surface area contributed by atoms with Gasteiger partial charge < -0.3 is 33.5 Å². The maximum atomic E-state index is 12.9. The minimum atomic E-state index is 0.159. The molecule has 1 heterocycles. The molecule has 0 N–H and O–H groups in total. The summed E-state index contributed by atoms with van der Waals surface area (Å²) in [6.45, 7) is 3.18. The molecule has 0 fully saturated rings. The molecule has 2 aromatic carbocycles. The molecule has 1 amide bonds. The molecule has 3 rings (SSSR count). The van der Waals surface area contributed by atoms with Crippen LogP contribution in [-0.2, 0) is 24.1 Å². The summed E-state index contributed by atoms with van der Waals surface area (Å²) in [4.78, 5) is 17.2. The minimum absolute atomic E-state index is 0.159. The molecule has 0 spiro atoms. The Morgan fingerprint density at radius 3 is 1.97 bits per heavy atom. The van der Waals surface area contributed by atoms with Crippen molar-refractivity contribution in [3.05, 3.63) is 41.0 Å². The van der Waals surface area contributed by atoms with Crippen molar-refractivity contribution >= 4 is 5.91 Å². The SMILES string of the molecule is COc1cc(OC)c(CCN(C)CCCN2CCc3cc(OC)c(OC)cc3CC2=O)c(OC)c1. The fourth-order valence-electron chi connectivity index (χ4n) is 4.52. The summed E-state index contributed by atoms with van der Waals surface area (Å²) in [5.41, 5.74) is 3.20. The quantitative estimate of drug-likeness (QED) is 0.456. The highest BCUT2D eigenvalue weighted by Gasteiger charge is 2.22. The van der Waals surface area contributed by atoms with E-state index >= 15 is 0 Å². The van der Waals surface area contributed by atoms with Crippen LogP contribution in [0.4, 0.5) is 0 Å². The van der Waals surface area contributed by atoms with E-state index in [0.717, 1.165) is 67.1 Å². The van der Waals surface area contributed by atoms with E-state index in [0.29, 0.717) is 30.2 Å². The van der Waals surface area contributed by atoms with Gasteiger partial charge in [0, 0.05) is 37.3 Å². The Hall–Kier alpha value is -3.13. The van der Waals surface area contributed by atoms with Crippen LogP contribution >= 0.6 is 0 Å². The molecule has 192 valence electrons. The maximum Gasteiger partial charge on any atom is 0.227 e. The van der Waals surface area contributed by atoms with Crippen LogP contribution < -0.4 is 23.7 Å². The molecule has 1 aliphatic heterocycles. The average Bonchev–Trinajstić information content (AvgIpc) is 3.03. The average molecular weight is 487 g/mol. The van der Waals surface area contributed by atoms with Gasteiger partial charge in [-0.2, -0.15) is 0 Å². The Labute approximate surface area is 208 Å². The van der Waals surface area contributed by atoms with E-state index < -0.39 is 0 Å². The molecular weight excluding hydrogens is 448 g/mol. The molecule has 2 aromatic rings. The summed E-state index contributed by atoms with van der Waals surface area (Å²) < 4.78 is 27.3. The largest absolute Gasteiger partial charge is 0.496 e. The Balaban J connectivity index is 1.53. The van der Waals surface area contributed by atoms with Gasteiger partial charge in [0.05, 0.1) is 42.0 Å². The minimum Gasteiger partial charge on any atom is -0.496 e. The summed E-state index contributed by atoms with van der Waals surface area (Å²) in [6.07, 6.45) is 2.90. The van der Waals surface area contributed by atoms with Crippen molar-refractivity contribution in [1.29, 1.82) is 0 Å². The molecule has 0 bridgehead atoms. The highest BCUT2D eigenvalue weighted by molar-refractivity contribution is 5.80. The Morgan fingerprint density at radius 2 is 1.40 bits per heavy atom. The third-order valence-electron chi connectivity index (χ3n) is 6.58. The Kier molecular flexibility index (Phi) is 9.48. The monoisotopic (exact) mass is 486 g/mol. The third-order valence-corrected chi connectivity index (χ3v) is 6.58. The van der Waals surface area contributed by atoms with E-state index in [-0.39, 0.29) is 5.91 Å². The molecule has 1 aliphatic rings. The van der Waals surface area contributed by atoms with Crippen molar-refractivity contribution in [2.45, 2.75) is 25.7 Å². The number of methoxy groups -OCH3 is 5. The number of hydrogen-bond donors (Lipinski definition) is 0. The number of benzene rings is 2. The highest BCUT2D eigenvalue weighted by Crippen LogP contribution is 2.35. The van der Waals surface area contributed by atoms with Gasteiger partial charge in [0.2, 0.25) is 5.91 Å². The first-order chi connectivity index (χ1) is 16.9. The van der Waals surface area contributed by atoms with Crippen LogP contribution in [0.15, 0.2) is 24.3 Å². The standard InChI is InChI=1S/C27H38N2O6/c1-28(12-9-22-23(32-3)17-21(31-2)18-24(22)33-4)10-7-11-29-13-8-19-14-25(34-5)26(35-6)15-20(19)16-27(29)30/h14-15,17-18H,7-13,16H2,1-6H3. The highest BCUT2D eigenvalue weighted by atomic mass is 16.5. The van der Waals surface area contributed by atoms with Gasteiger partial charge in [-0.05, 0) is 56.1 Å². The number of rotatable bonds is 12. The van der Waals surface area contributed by atoms with Gasteiger partial charge in [-0.1, -0.05) is 0 Å². The zero-order chi connectivity index (χ0) is 25.4. The van der Waals surface area contributed by atoms with Crippen molar-refractivity contribution in [1.82, 2.24) is 9.80 Å². The lowest BCUT2D eigenvalue weighted by atomic mass is 10.0. The van der Waals surface area contributed by atoms with Crippen molar-refractivity contribution in [2.24, 2.45) is 0 Å². The first kappa shape index (κ1) is 26.5. The first-order valence-electron chi connectivity index (χ1n) is 11.9. The molecule has 8 heteroatoms. The van der Waals surface area contributed by atoms with Gasteiger partial charge in [0.25, 0.3) is 0 Å². The third kappa shape index (κ3) is 6.51. The van der Waals surface area contributed by atoms with Gasteiger partial charge in [-0.15, -0.1) is 0 Å². The Bertz CT molecular complexity index is 984. The molecule has 0 saturated carbocycles. The number of fused-ring (bicyclic) bond motifs is 1. The zero-order valence-electron chi connectivity index (χ0n) is 21.8. The number of nitrogens with zero attached hydrogens (tertiary/aromatic N) is 2. The second-order valence-electron chi connectivity index (χ2n) is 8.70. The molecular formula is C27H38N2O6. The van der Waals surface area contributed by atoms with E-state index in [9.17, 15) is 4.79 Å². The summed E-state index contributed by atoms with van der Waals surface area (Å²) in [5, 5.41) is 0. The van der Waals surface area contributed by atoms with Gasteiger partial charge in [0.1, 0.15) is 17.2 Å². The number of likely N-dealkylation sites (N-methyl/N-ethyl adjacent to an activating group) is 1. The molecule has 8 nitrogen and oxygen atoms in total. The normalized spacial score (nSPS) is 13.3. The number of carbonyl (C=O) groups excluding carboxylic acids is 1. The van der Waals surface area contributed by atoms with Gasteiger partial charge in [-0.3, -0.25) is 4.79 Å². The Morgan fingerprint density at radius 1 is 0.800 bits per heavy atom. The molecule has 0 radical (unpaired) electrons. The van der Waals surface area contributed by atoms with E-state index in [4.69, 9.17) is 23.7 Å². The molecule has 0 atom stereocenters. The van der Waals surface area contributed by atoms with Crippen molar-refractivity contribution in [3.63, 3.8) is 0 Å². The van der Waals surface area contributed by atoms with E-state index in [2.05, 4.69) is 11.9 Å². The molecule has 0 saturated heterocycles. The van der Waals surface area contributed by atoms with E-state index in [1.165, 1.54) is 0 Å². The topological polar surface area (TPSA) is 69.7 Å². The summed E-state index contributed by atoms with van der Waals surface area (Å²) in [7, 11) is 10.3. The molecule has 35 heavy (non-hydrogen) atoms. The molecule has 0 unspecified atom stereocenters. The fraction of sp³-hybridized carbons (Fsp3) is 0.519. The summed E-state index contributed by atoms with van der Waals surface area (Å²) >= 11 is 0. The van der Waals surface area contributed by atoms with E-state index in [1.807, 2.05) is 29.2 Å². The summed E-state index contributed by atoms with van der Waals surface area (Å²) in [5.74, 6) is 3.76. The van der Waals surface area contributed by atoms with Gasteiger partial charge in [-0.25, -0.2) is 0 Å². The van der Waals surface area contributed by atoms with E-state index in [1.54, 1.807) is 35.5 Å². The van der Waals surface area contributed by atoms with Crippen LogP contribution in [0.3, 0.4) is 0 Å². The smallest absolute Gasteiger partial charge is 0.227 e. The molecule has 0 aromatic heterocycles. The van der Waals surface area contributed by atoms with Crippen LogP contribution in [0.1, 0.15) is 23.1 Å². The predicted octanol–water partition coefficient (Wildman–Crippen LogP) is 3.22. The van der Waals surface area contributed by atoms with Crippen LogP contribution in [-0.4, -0.2) is 84.5 Å². The van der Waals surface area contributed by atoms with Crippen LogP contribution in [0, 0.1) is 0 Å². The second kappa shape index (κ2) is 12.5. The van der Waals surface area contributed by atoms with Gasteiger partial charge in [0.15, 0.2) is 11.5 Å². The fourth-order valence-corrected chi connectivity index (χ4v) is 4.52. The number of ether oxygens (including phenoxy) is 5. The lowest BCUT2D eigenvalue weighted by molar-refractivity contribution is -0.130. The van der Waals surface area contributed by atoms with Crippen molar-refractivity contribution in [2.75, 3.05) is 68.8 Å². The second-order valence-corrected chi connectivity index (χ2v) is 8.70. The summed E-state index contributed by atoms with van der Waals surface area (Å²) in [6, 6.07) is 7.70. The number of hydrogen-bond acceptors (Lipinski definition) is 7. The van der Waals surface area contributed by atoms with Crippen molar-refractivity contribution in [3.8, 4) is 28.7 Å². The van der Waals surface area contributed by atoms with Crippen LogP contribution in [0.5, 0.6) is 28.7 Å². The zero-order valence-corrected chi connectivity index (χ0v) is 21.8. The maximum absolute atomic E-state index is 12.9. The number of amides is 1. The van der Waals surface area contributed by atoms with Crippen LogP contribution in [0.25, 0.3) is 0 Å². The van der Waals surface area contributed by atoms with Crippen LogP contribution in [0.2, 0.25) is 0 Å². The molecule has 0 aliphatic carbocycles. The van der Waals surface area contributed by atoms with Gasteiger partial charge >= 0.3 is 0 Å². The first-order valence-corrected chi connectivity index (χ1v) is 11.9. The lowest BCUT2D eigenvalue weighted by Gasteiger charge is -2.23. The number of carbonyl (C=O) groups is 1. The van der Waals surface area contributed by atoms with Crippen molar-refractivity contribution < 1.29 is 28.5 Å². The predicted molar refractivity (Wildman–Crippen MR) is 135 cm³/mol. The lowest BCUT2D eigenvalue weighted by Crippen LogP contribution is -2.35.